The van der Waals surface area contributed by atoms with E-state index >= 15 is 0 Å². The summed E-state index contributed by atoms with van der Waals surface area (Å²) in [7, 11) is 0. The maximum absolute atomic E-state index is 5.50. The largest absolute Gasteiger partial charge is 0.497 e. The van der Waals surface area contributed by atoms with Gasteiger partial charge in [-0.05, 0) is 43.5 Å². The van der Waals surface area contributed by atoms with Crippen molar-refractivity contribution in [3.63, 3.8) is 0 Å². The molecule has 18 heavy (non-hydrogen) atoms. The number of rotatable bonds is 6. The molecule has 1 N–H and O–H groups in total. The van der Waals surface area contributed by atoms with Crippen LogP contribution in [0.1, 0.15) is 25.3 Å². The van der Waals surface area contributed by atoms with E-state index < -0.39 is 0 Å². The molecular weight excluding hydrogens is 226 g/mol. The van der Waals surface area contributed by atoms with E-state index in [2.05, 4.69) is 23.5 Å². The predicted octanol–water partition coefficient (Wildman–Crippen LogP) is 2.87. The van der Waals surface area contributed by atoms with E-state index in [1.807, 2.05) is 25.3 Å². The molecule has 98 valence electrons. The molecule has 0 saturated heterocycles. The zero-order valence-corrected chi connectivity index (χ0v) is 10.9. The van der Waals surface area contributed by atoms with Gasteiger partial charge in [0, 0.05) is 13.1 Å². The summed E-state index contributed by atoms with van der Waals surface area (Å²) in [6.45, 7) is 4.48. The van der Waals surface area contributed by atoms with Gasteiger partial charge in [-0.15, -0.1) is 0 Å². The van der Waals surface area contributed by atoms with E-state index in [0.29, 0.717) is 12.7 Å². The fourth-order valence-electron chi connectivity index (χ4n) is 1.98. The van der Waals surface area contributed by atoms with Gasteiger partial charge in [-0.1, -0.05) is 12.1 Å². The van der Waals surface area contributed by atoms with Gasteiger partial charge in [-0.3, -0.25) is 0 Å². The van der Waals surface area contributed by atoms with Crippen molar-refractivity contribution >= 4 is 0 Å². The first kappa shape index (κ1) is 13.0. The van der Waals surface area contributed by atoms with Crippen molar-refractivity contribution in [2.75, 3.05) is 13.2 Å². The van der Waals surface area contributed by atoms with E-state index in [1.165, 1.54) is 5.56 Å². The first-order valence-electron chi connectivity index (χ1n) is 6.61. The average Bonchev–Trinajstić information content (AvgIpc) is 2.42. The topological polar surface area (TPSA) is 30.5 Å². The third kappa shape index (κ3) is 4.08. The summed E-state index contributed by atoms with van der Waals surface area (Å²) >= 11 is 0. The van der Waals surface area contributed by atoms with Crippen LogP contribution in [0.3, 0.4) is 0 Å². The Morgan fingerprint density at radius 2 is 2.17 bits per heavy atom. The second kappa shape index (κ2) is 7.07. The molecule has 0 unspecified atom stereocenters. The van der Waals surface area contributed by atoms with Crippen LogP contribution in [-0.4, -0.2) is 19.3 Å². The highest BCUT2D eigenvalue weighted by atomic mass is 16.5. The average molecular weight is 247 g/mol. The number of hydrogen-bond donors (Lipinski definition) is 1. The highest BCUT2D eigenvalue weighted by Gasteiger charge is 2.09. The smallest absolute Gasteiger partial charge is 0.119 e. The molecule has 1 aromatic carbocycles. The van der Waals surface area contributed by atoms with Crippen molar-refractivity contribution in [3.8, 4) is 5.75 Å². The van der Waals surface area contributed by atoms with Crippen LogP contribution in [0.2, 0.25) is 0 Å². The molecule has 0 fully saturated rings. The number of nitrogens with one attached hydrogen (secondary N) is 1. The lowest BCUT2D eigenvalue weighted by Crippen LogP contribution is -2.28. The SMILES string of the molecule is CCOc1ccc(CNC[C@H]2CCC=CO2)cc1. The van der Waals surface area contributed by atoms with Crippen LogP contribution >= 0.6 is 0 Å². The van der Waals surface area contributed by atoms with E-state index in [-0.39, 0.29) is 0 Å². The summed E-state index contributed by atoms with van der Waals surface area (Å²) in [5.41, 5.74) is 1.27. The van der Waals surface area contributed by atoms with Crippen LogP contribution in [0.4, 0.5) is 0 Å². The molecule has 1 aliphatic heterocycles. The number of benzene rings is 1. The second-order valence-electron chi connectivity index (χ2n) is 4.42. The standard InChI is InChI=1S/C15H21NO2/c1-2-17-14-8-6-13(7-9-14)11-16-12-15-5-3-4-10-18-15/h4,6-10,15-16H,2-3,5,11-12H2,1H3/t15-/m1/s1. The van der Waals surface area contributed by atoms with Gasteiger partial charge >= 0.3 is 0 Å². The lowest BCUT2D eigenvalue weighted by atomic mass is 10.1. The van der Waals surface area contributed by atoms with Gasteiger partial charge in [0.1, 0.15) is 11.9 Å². The van der Waals surface area contributed by atoms with Crippen molar-refractivity contribution in [1.29, 1.82) is 0 Å². The van der Waals surface area contributed by atoms with E-state index in [9.17, 15) is 0 Å². The third-order valence-electron chi connectivity index (χ3n) is 2.96. The van der Waals surface area contributed by atoms with Crippen LogP contribution in [-0.2, 0) is 11.3 Å². The molecule has 0 amide bonds. The lowest BCUT2D eigenvalue weighted by molar-refractivity contribution is 0.122. The summed E-state index contributed by atoms with van der Waals surface area (Å²) in [6.07, 6.45) is 6.43. The Morgan fingerprint density at radius 1 is 1.33 bits per heavy atom. The molecule has 3 nitrogen and oxygen atoms in total. The zero-order chi connectivity index (χ0) is 12.6. The minimum absolute atomic E-state index is 0.317. The van der Waals surface area contributed by atoms with Crippen molar-refractivity contribution in [3.05, 3.63) is 42.2 Å². The Bertz CT molecular complexity index is 373. The molecule has 0 bridgehead atoms. The molecular formula is C15H21NO2. The summed E-state index contributed by atoms with van der Waals surface area (Å²) in [5.74, 6) is 0.932. The van der Waals surface area contributed by atoms with Crippen molar-refractivity contribution in [2.45, 2.75) is 32.4 Å². The van der Waals surface area contributed by atoms with Gasteiger partial charge in [0.25, 0.3) is 0 Å². The molecule has 2 rings (SSSR count). The van der Waals surface area contributed by atoms with Gasteiger partial charge in [-0.2, -0.15) is 0 Å². The summed E-state index contributed by atoms with van der Waals surface area (Å²) in [6, 6.07) is 8.22. The Kier molecular flexibility index (Phi) is 5.09. The Hall–Kier alpha value is -1.48. The molecule has 0 saturated carbocycles. The maximum Gasteiger partial charge on any atom is 0.119 e. The summed E-state index contributed by atoms with van der Waals surface area (Å²) < 4.78 is 10.9. The third-order valence-corrected chi connectivity index (χ3v) is 2.96. The summed E-state index contributed by atoms with van der Waals surface area (Å²) in [4.78, 5) is 0. The Labute approximate surface area is 109 Å². The van der Waals surface area contributed by atoms with Crippen molar-refractivity contribution < 1.29 is 9.47 Å². The first-order chi connectivity index (χ1) is 8.88. The number of allylic oxidation sites excluding steroid dienone is 1. The van der Waals surface area contributed by atoms with E-state index in [0.717, 1.165) is 31.7 Å². The Morgan fingerprint density at radius 3 is 2.83 bits per heavy atom. The summed E-state index contributed by atoms with van der Waals surface area (Å²) in [5, 5.41) is 3.42. The molecule has 1 atom stereocenters. The highest BCUT2D eigenvalue weighted by molar-refractivity contribution is 5.27. The van der Waals surface area contributed by atoms with E-state index in [1.54, 1.807) is 0 Å². The van der Waals surface area contributed by atoms with Crippen LogP contribution in [0.25, 0.3) is 0 Å². The van der Waals surface area contributed by atoms with Crippen LogP contribution < -0.4 is 10.1 Å². The second-order valence-corrected chi connectivity index (χ2v) is 4.42. The quantitative estimate of drug-likeness (QED) is 0.838. The lowest BCUT2D eigenvalue weighted by Gasteiger charge is -2.19. The van der Waals surface area contributed by atoms with Gasteiger partial charge in [-0.25, -0.2) is 0 Å². The molecule has 3 heteroatoms. The van der Waals surface area contributed by atoms with Crippen LogP contribution in [0.15, 0.2) is 36.6 Å². The Balaban J connectivity index is 1.71. The van der Waals surface area contributed by atoms with Crippen molar-refractivity contribution in [1.82, 2.24) is 5.32 Å². The minimum Gasteiger partial charge on any atom is -0.497 e. The molecule has 0 radical (unpaired) electrons. The first-order valence-corrected chi connectivity index (χ1v) is 6.61. The number of hydrogen-bond acceptors (Lipinski definition) is 3. The maximum atomic E-state index is 5.50. The van der Waals surface area contributed by atoms with Crippen LogP contribution in [0.5, 0.6) is 5.75 Å². The van der Waals surface area contributed by atoms with Gasteiger partial charge in [0.05, 0.1) is 12.9 Å². The molecule has 1 heterocycles. The highest BCUT2D eigenvalue weighted by Crippen LogP contribution is 2.12. The normalized spacial score (nSPS) is 18.4. The molecule has 0 aromatic heterocycles. The fraction of sp³-hybridized carbons (Fsp3) is 0.467. The molecule has 1 aromatic rings. The minimum atomic E-state index is 0.317. The molecule has 0 aliphatic carbocycles. The molecule has 1 aliphatic rings. The van der Waals surface area contributed by atoms with E-state index in [4.69, 9.17) is 9.47 Å². The van der Waals surface area contributed by atoms with Crippen LogP contribution in [0, 0.1) is 0 Å². The van der Waals surface area contributed by atoms with Gasteiger partial charge in [0.15, 0.2) is 0 Å². The number of ether oxygens (including phenoxy) is 2. The van der Waals surface area contributed by atoms with Gasteiger partial charge < -0.3 is 14.8 Å². The zero-order valence-electron chi connectivity index (χ0n) is 10.9. The van der Waals surface area contributed by atoms with Crippen molar-refractivity contribution in [2.24, 2.45) is 0 Å². The monoisotopic (exact) mass is 247 g/mol. The molecule has 0 spiro atoms. The van der Waals surface area contributed by atoms with Gasteiger partial charge in [0.2, 0.25) is 0 Å². The predicted molar refractivity (Wildman–Crippen MR) is 72.6 cm³/mol. The fourth-order valence-corrected chi connectivity index (χ4v) is 1.98.